The molecule has 0 radical (unpaired) electrons. The molecule has 0 aliphatic heterocycles. The quantitative estimate of drug-likeness (QED) is 0.121. The maximum absolute atomic E-state index is 14.7. The summed E-state index contributed by atoms with van der Waals surface area (Å²) in [4.78, 5) is 23.3. The molecule has 0 fully saturated rings. The zero-order chi connectivity index (χ0) is 28.1. The Morgan fingerprint density at radius 2 is 1.89 bits per heavy atom. The zero-order valence-corrected chi connectivity index (χ0v) is 23.3. The number of thiol groups is 1. The van der Waals surface area contributed by atoms with Crippen LogP contribution in [0.15, 0.2) is 65.8 Å². The van der Waals surface area contributed by atoms with Gasteiger partial charge in [-0.1, -0.05) is 32.0 Å². The Morgan fingerprint density at radius 3 is 2.55 bits per heavy atom. The first-order chi connectivity index (χ1) is 18.4. The van der Waals surface area contributed by atoms with Gasteiger partial charge in [0.15, 0.2) is 0 Å². The summed E-state index contributed by atoms with van der Waals surface area (Å²) in [5.41, 5.74) is 5.66. The Hall–Kier alpha value is -3.44. The van der Waals surface area contributed by atoms with Crippen molar-refractivity contribution in [2.24, 2.45) is 0 Å². The summed E-state index contributed by atoms with van der Waals surface area (Å²) in [6.07, 6.45) is 3.26. The van der Waals surface area contributed by atoms with Crippen molar-refractivity contribution < 1.29 is 19.1 Å². The molecule has 2 heterocycles. The SMILES string of the molecule is CC.CNC.Cc1ccc(Nc2c(C(=O)NOCCO)n(Cc3cccc(S)c3)c3ccncc23)c(F)c1. The molecule has 8 nitrogen and oxygen atoms in total. The van der Waals surface area contributed by atoms with Crippen LogP contribution in [0, 0.1) is 12.7 Å². The molecule has 4 N–H and O–H groups in total. The van der Waals surface area contributed by atoms with E-state index in [1.165, 1.54) is 6.07 Å². The van der Waals surface area contributed by atoms with E-state index >= 15 is 0 Å². The number of carbonyl (C=O) groups excluding carboxylic acids is 1. The van der Waals surface area contributed by atoms with E-state index in [0.717, 1.165) is 21.5 Å². The van der Waals surface area contributed by atoms with Crippen molar-refractivity contribution in [1.82, 2.24) is 20.3 Å². The normalized spacial score (nSPS) is 10.2. The lowest BCUT2D eigenvalue weighted by molar-refractivity contribution is 0.0163. The molecule has 0 bridgehead atoms. The van der Waals surface area contributed by atoms with Gasteiger partial charge in [0.2, 0.25) is 0 Å². The average molecular weight is 542 g/mol. The van der Waals surface area contributed by atoms with Crippen molar-refractivity contribution >= 4 is 40.8 Å². The molecule has 0 saturated carbocycles. The molecule has 0 atom stereocenters. The van der Waals surface area contributed by atoms with Gasteiger partial charge >= 0.3 is 0 Å². The van der Waals surface area contributed by atoms with Gasteiger partial charge in [-0.25, -0.2) is 9.87 Å². The van der Waals surface area contributed by atoms with Crippen LogP contribution < -0.4 is 16.1 Å². The summed E-state index contributed by atoms with van der Waals surface area (Å²) >= 11 is 4.41. The van der Waals surface area contributed by atoms with E-state index in [1.54, 1.807) is 37.5 Å². The average Bonchev–Trinajstić information content (AvgIpc) is 3.20. The van der Waals surface area contributed by atoms with E-state index < -0.39 is 11.7 Å². The van der Waals surface area contributed by atoms with Crippen LogP contribution in [0.4, 0.5) is 15.8 Å². The number of pyridine rings is 1. The Labute approximate surface area is 228 Å². The number of amides is 1. The minimum Gasteiger partial charge on any atom is -0.394 e. The molecule has 38 heavy (non-hydrogen) atoms. The van der Waals surface area contributed by atoms with E-state index in [2.05, 4.69) is 33.7 Å². The molecule has 0 spiro atoms. The Balaban J connectivity index is 0.000000947. The summed E-state index contributed by atoms with van der Waals surface area (Å²) in [6, 6.07) is 14.2. The Morgan fingerprint density at radius 1 is 1.16 bits per heavy atom. The lowest BCUT2D eigenvalue weighted by atomic mass is 10.2. The fraction of sp³-hybridized carbons (Fsp3) is 0.286. The predicted molar refractivity (Wildman–Crippen MR) is 154 cm³/mol. The first-order valence-corrected chi connectivity index (χ1v) is 12.7. The lowest BCUT2D eigenvalue weighted by Crippen LogP contribution is -2.28. The van der Waals surface area contributed by atoms with Gasteiger partial charge in [-0.05, 0) is 62.5 Å². The number of aliphatic hydroxyl groups is 1. The van der Waals surface area contributed by atoms with E-state index in [-0.39, 0.29) is 24.6 Å². The molecule has 2 aromatic heterocycles. The predicted octanol–water partition coefficient (Wildman–Crippen LogP) is 5.08. The third-order valence-electron chi connectivity index (χ3n) is 5.07. The second-order valence-corrected chi connectivity index (χ2v) is 8.50. The van der Waals surface area contributed by atoms with E-state index in [9.17, 15) is 9.18 Å². The highest BCUT2D eigenvalue weighted by Gasteiger charge is 2.24. The van der Waals surface area contributed by atoms with E-state index in [0.29, 0.717) is 17.6 Å². The van der Waals surface area contributed by atoms with Crippen molar-refractivity contribution in [2.45, 2.75) is 32.2 Å². The number of fused-ring (bicyclic) bond motifs is 1. The second kappa shape index (κ2) is 15.7. The van der Waals surface area contributed by atoms with Gasteiger partial charge in [-0.15, -0.1) is 12.6 Å². The molecule has 4 rings (SSSR count). The number of aromatic nitrogens is 2. The maximum atomic E-state index is 14.7. The second-order valence-electron chi connectivity index (χ2n) is 7.98. The van der Waals surface area contributed by atoms with Crippen LogP contribution in [0.2, 0.25) is 0 Å². The molecular weight excluding hydrogens is 505 g/mol. The number of hydroxylamine groups is 1. The molecule has 0 unspecified atom stereocenters. The van der Waals surface area contributed by atoms with Crippen LogP contribution in [0.1, 0.15) is 35.5 Å². The van der Waals surface area contributed by atoms with Crippen LogP contribution in [-0.4, -0.2) is 47.9 Å². The third-order valence-corrected chi connectivity index (χ3v) is 5.35. The molecule has 0 saturated heterocycles. The van der Waals surface area contributed by atoms with Crippen molar-refractivity contribution in [1.29, 1.82) is 0 Å². The number of nitrogens with one attached hydrogen (secondary N) is 3. The zero-order valence-electron chi connectivity index (χ0n) is 22.4. The number of hydrogen-bond donors (Lipinski definition) is 5. The Bertz CT molecular complexity index is 1330. The molecule has 2 aromatic carbocycles. The molecular formula is C28H36FN5O3S. The number of aryl methyl sites for hydroxylation is 1. The minimum atomic E-state index is -0.545. The summed E-state index contributed by atoms with van der Waals surface area (Å²) in [6.45, 7) is 5.84. The van der Waals surface area contributed by atoms with Crippen molar-refractivity contribution in [3.63, 3.8) is 0 Å². The topological polar surface area (TPSA) is 100 Å². The van der Waals surface area contributed by atoms with Gasteiger partial charge in [0.05, 0.1) is 30.1 Å². The van der Waals surface area contributed by atoms with Gasteiger partial charge in [0.1, 0.15) is 11.5 Å². The smallest absolute Gasteiger partial charge is 0.293 e. The molecule has 4 aromatic rings. The molecule has 0 aliphatic rings. The standard InChI is InChI=1S/C24H23FN4O3S.C2H7N.C2H6/c1-15-5-6-20(19(25)11-15)27-22-18-13-26-8-7-21(18)29(14-16-3-2-4-17(33)12-16)23(22)24(31)28-32-10-9-30;1-3-2;1-2/h2-8,11-13,27,30,33H,9-10,14H2,1H3,(H,28,31);3H,1-2H3;1-2H3. The molecule has 1 amide bonds. The third kappa shape index (κ3) is 8.03. The van der Waals surface area contributed by atoms with Crippen LogP contribution in [-0.2, 0) is 11.4 Å². The van der Waals surface area contributed by atoms with Gasteiger partial charge < -0.3 is 20.3 Å². The van der Waals surface area contributed by atoms with Crippen molar-refractivity contribution in [3.8, 4) is 0 Å². The first-order valence-electron chi connectivity index (χ1n) is 12.3. The number of anilines is 2. The molecule has 204 valence electrons. The van der Waals surface area contributed by atoms with E-state index in [1.807, 2.05) is 56.8 Å². The highest BCUT2D eigenvalue weighted by atomic mass is 32.1. The van der Waals surface area contributed by atoms with Crippen molar-refractivity contribution in [3.05, 3.63) is 83.6 Å². The number of nitrogens with zero attached hydrogens (tertiary/aromatic N) is 2. The largest absolute Gasteiger partial charge is 0.394 e. The fourth-order valence-electron chi connectivity index (χ4n) is 3.63. The summed E-state index contributed by atoms with van der Waals surface area (Å²) in [5, 5.41) is 15.5. The number of carbonyl (C=O) groups is 1. The Kier molecular flexibility index (Phi) is 12.7. The molecule has 0 aliphatic carbocycles. The first kappa shape index (κ1) is 30.8. The summed E-state index contributed by atoms with van der Waals surface area (Å²) < 4.78 is 16.5. The highest BCUT2D eigenvalue weighted by Crippen LogP contribution is 2.34. The summed E-state index contributed by atoms with van der Waals surface area (Å²) in [5.74, 6) is -0.984. The maximum Gasteiger partial charge on any atom is 0.293 e. The minimum absolute atomic E-state index is 0.0649. The van der Waals surface area contributed by atoms with E-state index in [4.69, 9.17) is 9.94 Å². The monoisotopic (exact) mass is 541 g/mol. The number of hydrogen-bond acceptors (Lipinski definition) is 7. The van der Waals surface area contributed by atoms with Gasteiger partial charge in [0.25, 0.3) is 5.91 Å². The van der Waals surface area contributed by atoms with Crippen LogP contribution in [0.5, 0.6) is 0 Å². The molecule has 10 heteroatoms. The van der Waals surface area contributed by atoms with Gasteiger partial charge in [0, 0.05) is 29.2 Å². The highest BCUT2D eigenvalue weighted by molar-refractivity contribution is 7.80. The number of halogens is 1. The summed E-state index contributed by atoms with van der Waals surface area (Å²) in [7, 11) is 3.75. The van der Waals surface area contributed by atoms with Crippen molar-refractivity contribution in [2.75, 3.05) is 32.6 Å². The van der Waals surface area contributed by atoms with Gasteiger partial charge in [-0.3, -0.25) is 14.6 Å². The number of benzene rings is 2. The van der Waals surface area contributed by atoms with Crippen LogP contribution in [0.25, 0.3) is 10.9 Å². The number of aliphatic hydroxyl groups excluding tert-OH is 1. The van der Waals surface area contributed by atoms with Crippen LogP contribution in [0.3, 0.4) is 0 Å². The number of rotatable bonds is 8. The van der Waals surface area contributed by atoms with Crippen LogP contribution >= 0.6 is 12.6 Å². The lowest BCUT2D eigenvalue weighted by Gasteiger charge is -2.14. The fourth-order valence-corrected chi connectivity index (χ4v) is 3.88. The van der Waals surface area contributed by atoms with Gasteiger partial charge in [-0.2, -0.15) is 0 Å².